The predicted octanol–water partition coefficient (Wildman–Crippen LogP) is 3.62. The lowest BCUT2D eigenvalue weighted by Crippen LogP contribution is -2.22. The van der Waals surface area contributed by atoms with E-state index in [9.17, 15) is 4.79 Å². The summed E-state index contributed by atoms with van der Waals surface area (Å²) in [7, 11) is 0. The van der Waals surface area contributed by atoms with Crippen molar-refractivity contribution >= 4 is 11.6 Å². The van der Waals surface area contributed by atoms with E-state index >= 15 is 0 Å². The molecule has 0 atom stereocenters. The van der Waals surface area contributed by atoms with Gasteiger partial charge in [0.1, 0.15) is 11.6 Å². The molecule has 0 spiro atoms. The molecule has 0 saturated carbocycles. The van der Waals surface area contributed by atoms with Crippen molar-refractivity contribution in [3.8, 4) is 17.2 Å². The number of halogens is 1. The highest BCUT2D eigenvalue weighted by molar-refractivity contribution is 6.30. The minimum Gasteiger partial charge on any atom is -0.310 e. The predicted molar refractivity (Wildman–Crippen MR) is 80.7 cm³/mol. The number of pyridine rings is 1. The molecule has 0 fully saturated rings. The highest BCUT2D eigenvalue weighted by Gasteiger charge is 2.08. The van der Waals surface area contributed by atoms with E-state index < -0.39 is 0 Å². The van der Waals surface area contributed by atoms with Crippen molar-refractivity contribution in [2.75, 3.05) is 0 Å². The van der Waals surface area contributed by atoms with E-state index in [1.807, 2.05) is 25.1 Å². The highest BCUT2D eigenvalue weighted by atomic mass is 35.5. The molecule has 0 saturated heterocycles. The SMILES string of the molecule is C=C(C)Cn1cc(-c2ccc(Cl)cc2)cc(C#N)c1=O. The molecule has 0 N–H and O–H groups in total. The van der Waals surface area contributed by atoms with E-state index in [1.54, 1.807) is 24.4 Å². The van der Waals surface area contributed by atoms with Crippen LogP contribution in [0.2, 0.25) is 5.02 Å². The smallest absolute Gasteiger partial charge is 0.268 e. The molecule has 1 aromatic carbocycles. The molecule has 1 aromatic heterocycles. The largest absolute Gasteiger partial charge is 0.310 e. The quantitative estimate of drug-likeness (QED) is 0.808. The molecule has 0 aliphatic carbocycles. The zero-order chi connectivity index (χ0) is 14.7. The van der Waals surface area contributed by atoms with Crippen LogP contribution in [-0.2, 0) is 6.54 Å². The molecule has 4 heteroatoms. The third kappa shape index (κ3) is 2.98. The Morgan fingerprint density at radius 1 is 1.35 bits per heavy atom. The molecular formula is C16H13ClN2O. The van der Waals surface area contributed by atoms with E-state index in [1.165, 1.54) is 4.57 Å². The minimum atomic E-state index is -0.298. The lowest BCUT2D eigenvalue weighted by atomic mass is 10.1. The molecule has 0 aliphatic heterocycles. The first-order valence-corrected chi connectivity index (χ1v) is 6.44. The van der Waals surface area contributed by atoms with Crippen LogP contribution in [0.4, 0.5) is 0 Å². The molecule has 1 heterocycles. The maximum atomic E-state index is 12.1. The van der Waals surface area contributed by atoms with Crippen LogP contribution in [0.1, 0.15) is 12.5 Å². The van der Waals surface area contributed by atoms with Crippen LogP contribution in [0.15, 0.2) is 53.5 Å². The van der Waals surface area contributed by atoms with Gasteiger partial charge in [0.25, 0.3) is 5.56 Å². The van der Waals surface area contributed by atoms with Crippen LogP contribution < -0.4 is 5.56 Å². The first-order chi connectivity index (χ1) is 9.51. The van der Waals surface area contributed by atoms with Crippen LogP contribution in [0.5, 0.6) is 0 Å². The fourth-order valence-electron chi connectivity index (χ4n) is 1.92. The summed E-state index contributed by atoms with van der Waals surface area (Å²) in [5.41, 5.74) is 2.39. The molecule has 2 aromatic rings. The number of nitrogens with zero attached hydrogens (tertiary/aromatic N) is 2. The lowest BCUT2D eigenvalue weighted by molar-refractivity contribution is 0.747. The Hall–Kier alpha value is -2.31. The third-order valence-electron chi connectivity index (χ3n) is 2.82. The van der Waals surface area contributed by atoms with Crippen LogP contribution >= 0.6 is 11.6 Å². The average Bonchev–Trinajstić information content (AvgIpc) is 2.41. The third-order valence-corrected chi connectivity index (χ3v) is 3.08. The van der Waals surface area contributed by atoms with Crippen molar-refractivity contribution in [1.82, 2.24) is 4.57 Å². The van der Waals surface area contributed by atoms with Gasteiger partial charge in [-0.2, -0.15) is 5.26 Å². The Labute approximate surface area is 122 Å². The van der Waals surface area contributed by atoms with Crippen molar-refractivity contribution in [3.05, 3.63) is 69.6 Å². The molecule has 0 unspecified atom stereocenters. The summed E-state index contributed by atoms with van der Waals surface area (Å²) in [5.74, 6) is 0. The van der Waals surface area contributed by atoms with Gasteiger partial charge >= 0.3 is 0 Å². The van der Waals surface area contributed by atoms with E-state index in [2.05, 4.69) is 6.58 Å². The maximum absolute atomic E-state index is 12.1. The van der Waals surface area contributed by atoms with Gasteiger partial charge in [-0.3, -0.25) is 4.79 Å². The fourth-order valence-corrected chi connectivity index (χ4v) is 2.05. The van der Waals surface area contributed by atoms with Crippen molar-refractivity contribution < 1.29 is 0 Å². The standard InChI is InChI=1S/C16H13ClN2O/c1-11(2)9-19-10-14(7-13(8-18)16(19)20)12-3-5-15(17)6-4-12/h3-7,10H,1,9H2,2H3. The van der Waals surface area contributed by atoms with Gasteiger partial charge in [-0.05, 0) is 36.2 Å². The molecule has 0 amide bonds. The van der Waals surface area contributed by atoms with Crippen molar-refractivity contribution in [3.63, 3.8) is 0 Å². The van der Waals surface area contributed by atoms with E-state index in [-0.39, 0.29) is 11.1 Å². The molecule has 0 radical (unpaired) electrons. The van der Waals surface area contributed by atoms with E-state index in [0.717, 1.165) is 16.7 Å². The van der Waals surface area contributed by atoms with Gasteiger partial charge in [-0.25, -0.2) is 0 Å². The summed E-state index contributed by atoms with van der Waals surface area (Å²) in [6.45, 7) is 6.04. The van der Waals surface area contributed by atoms with Crippen LogP contribution in [0.3, 0.4) is 0 Å². The van der Waals surface area contributed by atoms with Gasteiger partial charge < -0.3 is 4.57 Å². The first-order valence-electron chi connectivity index (χ1n) is 6.06. The number of hydrogen-bond donors (Lipinski definition) is 0. The monoisotopic (exact) mass is 284 g/mol. The second kappa shape index (κ2) is 5.77. The Kier molecular flexibility index (Phi) is 4.07. The Balaban J connectivity index is 2.60. The van der Waals surface area contributed by atoms with Crippen LogP contribution in [-0.4, -0.2) is 4.57 Å². The van der Waals surface area contributed by atoms with Crippen LogP contribution in [0.25, 0.3) is 11.1 Å². The fraction of sp³-hybridized carbons (Fsp3) is 0.125. The summed E-state index contributed by atoms with van der Waals surface area (Å²) in [5, 5.41) is 9.73. The number of hydrogen-bond acceptors (Lipinski definition) is 2. The van der Waals surface area contributed by atoms with Gasteiger partial charge in [0, 0.05) is 17.8 Å². The highest BCUT2D eigenvalue weighted by Crippen LogP contribution is 2.21. The number of rotatable bonds is 3. The normalized spacial score (nSPS) is 10.1. The summed E-state index contributed by atoms with van der Waals surface area (Å²) < 4.78 is 1.50. The van der Waals surface area contributed by atoms with Gasteiger partial charge in [0.2, 0.25) is 0 Å². The molecular weight excluding hydrogens is 272 g/mol. The number of aromatic nitrogens is 1. The Morgan fingerprint density at radius 3 is 2.55 bits per heavy atom. The zero-order valence-corrected chi connectivity index (χ0v) is 11.8. The van der Waals surface area contributed by atoms with Crippen molar-refractivity contribution in [1.29, 1.82) is 5.26 Å². The Bertz CT molecular complexity index is 752. The Morgan fingerprint density at radius 2 is 2.00 bits per heavy atom. The number of nitriles is 1. The van der Waals surface area contributed by atoms with Crippen molar-refractivity contribution in [2.24, 2.45) is 0 Å². The van der Waals surface area contributed by atoms with E-state index in [0.29, 0.717) is 11.6 Å². The second-order valence-corrected chi connectivity index (χ2v) is 5.09. The molecule has 100 valence electrons. The maximum Gasteiger partial charge on any atom is 0.268 e. The van der Waals surface area contributed by atoms with Crippen molar-refractivity contribution in [2.45, 2.75) is 13.5 Å². The molecule has 20 heavy (non-hydrogen) atoms. The minimum absolute atomic E-state index is 0.124. The molecule has 0 bridgehead atoms. The number of allylic oxidation sites excluding steroid dienone is 1. The summed E-state index contributed by atoms with van der Waals surface area (Å²) >= 11 is 5.86. The topological polar surface area (TPSA) is 45.8 Å². The first kappa shape index (κ1) is 14.1. The van der Waals surface area contributed by atoms with Gasteiger partial charge in [-0.1, -0.05) is 35.9 Å². The van der Waals surface area contributed by atoms with Gasteiger partial charge in [0.15, 0.2) is 0 Å². The molecule has 2 rings (SSSR count). The van der Waals surface area contributed by atoms with E-state index in [4.69, 9.17) is 16.9 Å². The average molecular weight is 285 g/mol. The van der Waals surface area contributed by atoms with Gasteiger partial charge in [-0.15, -0.1) is 0 Å². The summed E-state index contributed by atoms with van der Waals surface area (Å²) in [6, 6.07) is 10.8. The summed E-state index contributed by atoms with van der Waals surface area (Å²) in [6.07, 6.45) is 1.74. The van der Waals surface area contributed by atoms with Gasteiger partial charge in [0.05, 0.1) is 0 Å². The number of benzene rings is 1. The lowest BCUT2D eigenvalue weighted by Gasteiger charge is -2.09. The van der Waals surface area contributed by atoms with Crippen LogP contribution in [0, 0.1) is 11.3 Å². The zero-order valence-electron chi connectivity index (χ0n) is 11.1. The molecule has 0 aliphatic rings. The molecule has 3 nitrogen and oxygen atoms in total. The second-order valence-electron chi connectivity index (χ2n) is 4.65. The summed E-state index contributed by atoms with van der Waals surface area (Å²) in [4.78, 5) is 12.1.